The minimum absolute atomic E-state index is 0. The topological polar surface area (TPSA) is 38.2 Å². The Morgan fingerprint density at radius 3 is 2.58 bits per heavy atom. The van der Waals surface area contributed by atoms with E-state index >= 15 is 0 Å². The van der Waals surface area contributed by atoms with Crippen molar-refractivity contribution in [1.29, 1.82) is 0 Å². The summed E-state index contributed by atoms with van der Waals surface area (Å²) in [7, 11) is 2.16. The third-order valence-corrected chi connectivity index (χ3v) is 6.17. The van der Waals surface area contributed by atoms with Gasteiger partial charge in [-0.2, -0.15) is 9.36 Å². The predicted molar refractivity (Wildman–Crippen MR) is 133 cm³/mol. The first kappa shape index (κ1) is 23.2. The van der Waals surface area contributed by atoms with E-state index in [1.54, 1.807) is 0 Å². The quantitative estimate of drug-likeness (QED) is 0.312. The number of hydrogen-bond acceptors (Lipinski definition) is 5. The van der Waals surface area contributed by atoms with Gasteiger partial charge in [-0.1, -0.05) is 55.5 Å². The number of fused-ring (bicyclic) bond motifs is 1. The van der Waals surface area contributed by atoms with Crippen LogP contribution in [0.1, 0.15) is 23.6 Å². The molecule has 0 spiro atoms. The maximum absolute atomic E-state index is 6.14. The molecular formula is C25H28ClN3OS. The van der Waals surface area contributed by atoms with E-state index in [2.05, 4.69) is 78.5 Å². The molecule has 0 saturated heterocycles. The zero-order valence-electron chi connectivity index (χ0n) is 18.4. The molecule has 0 aliphatic rings. The lowest BCUT2D eigenvalue weighted by Gasteiger charge is -2.16. The average Bonchev–Trinajstić information content (AvgIpc) is 3.22. The fraction of sp³-hybridized carbons (Fsp3) is 0.280. The fourth-order valence-electron chi connectivity index (χ4n) is 3.57. The molecule has 4 nitrogen and oxygen atoms in total. The van der Waals surface area contributed by atoms with Gasteiger partial charge in [0.1, 0.15) is 5.75 Å². The lowest BCUT2D eigenvalue weighted by Crippen LogP contribution is -2.20. The molecule has 0 aliphatic carbocycles. The second-order valence-electron chi connectivity index (χ2n) is 7.70. The SMILES string of the molecule is CCN(C)CCc1cc(C)c(Oc2nc(-c3cccc4ccccc34)ns2)cc1C.Cl. The minimum atomic E-state index is 0. The largest absolute Gasteiger partial charge is 0.430 e. The van der Waals surface area contributed by atoms with Crippen molar-refractivity contribution in [3.8, 4) is 22.3 Å². The fourth-order valence-corrected chi connectivity index (χ4v) is 4.13. The van der Waals surface area contributed by atoms with Crippen molar-refractivity contribution >= 4 is 34.7 Å². The van der Waals surface area contributed by atoms with E-state index in [0.29, 0.717) is 11.0 Å². The van der Waals surface area contributed by atoms with Crippen LogP contribution in [0.3, 0.4) is 0 Å². The van der Waals surface area contributed by atoms with E-state index in [0.717, 1.165) is 41.8 Å². The Morgan fingerprint density at radius 1 is 1.00 bits per heavy atom. The molecule has 4 rings (SSSR count). The van der Waals surface area contributed by atoms with E-state index in [1.807, 2.05) is 18.2 Å². The number of aryl methyl sites for hydroxylation is 2. The normalized spacial score (nSPS) is 11.0. The Kier molecular flexibility index (Phi) is 7.65. The summed E-state index contributed by atoms with van der Waals surface area (Å²) in [4.78, 5) is 7.00. The molecule has 0 atom stereocenters. The maximum atomic E-state index is 6.14. The van der Waals surface area contributed by atoms with Crippen LogP contribution in [0.2, 0.25) is 0 Å². The van der Waals surface area contributed by atoms with Crippen molar-refractivity contribution in [3.05, 3.63) is 71.3 Å². The van der Waals surface area contributed by atoms with Crippen LogP contribution >= 0.6 is 23.9 Å². The highest BCUT2D eigenvalue weighted by Crippen LogP contribution is 2.33. The molecule has 0 amide bonds. The van der Waals surface area contributed by atoms with Crippen LogP contribution in [0.4, 0.5) is 0 Å². The van der Waals surface area contributed by atoms with Crippen molar-refractivity contribution in [3.63, 3.8) is 0 Å². The number of nitrogens with zero attached hydrogens (tertiary/aromatic N) is 3. The summed E-state index contributed by atoms with van der Waals surface area (Å²) >= 11 is 1.29. The lowest BCUT2D eigenvalue weighted by molar-refractivity contribution is 0.357. The predicted octanol–water partition coefficient (Wildman–Crippen LogP) is 6.68. The van der Waals surface area contributed by atoms with E-state index in [4.69, 9.17) is 4.74 Å². The molecule has 1 aromatic heterocycles. The van der Waals surface area contributed by atoms with Gasteiger partial charge in [-0.05, 0) is 67.4 Å². The maximum Gasteiger partial charge on any atom is 0.299 e. The third-order valence-electron chi connectivity index (χ3n) is 5.57. The monoisotopic (exact) mass is 453 g/mol. The van der Waals surface area contributed by atoms with Crippen LogP contribution in [0, 0.1) is 13.8 Å². The van der Waals surface area contributed by atoms with Crippen LogP contribution in [-0.4, -0.2) is 34.4 Å². The molecule has 0 unspecified atom stereocenters. The molecule has 0 radical (unpaired) electrons. The number of likely N-dealkylation sites (N-methyl/N-ethyl adjacent to an activating group) is 1. The van der Waals surface area contributed by atoms with Crippen molar-refractivity contribution in [2.24, 2.45) is 0 Å². The number of benzene rings is 3. The van der Waals surface area contributed by atoms with E-state index < -0.39 is 0 Å². The number of hydrogen-bond donors (Lipinski definition) is 0. The van der Waals surface area contributed by atoms with Crippen molar-refractivity contribution in [2.45, 2.75) is 27.2 Å². The first-order chi connectivity index (χ1) is 14.5. The van der Waals surface area contributed by atoms with Gasteiger partial charge in [-0.25, -0.2) is 0 Å². The van der Waals surface area contributed by atoms with Crippen LogP contribution < -0.4 is 4.74 Å². The molecule has 4 aromatic rings. The van der Waals surface area contributed by atoms with Crippen molar-refractivity contribution in [1.82, 2.24) is 14.3 Å². The molecule has 0 aliphatic heterocycles. The second-order valence-corrected chi connectivity index (χ2v) is 8.42. The number of aromatic nitrogens is 2. The van der Waals surface area contributed by atoms with Gasteiger partial charge in [-0.3, -0.25) is 0 Å². The van der Waals surface area contributed by atoms with Gasteiger partial charge in [0, 0.05) is 23.6 Å². The zero-order valence-corrected chi connectivity index (χ0v) is 20.0. The van der Waals surface area contributed by atoms with E-state index in [9.17, 15) is 0 Å². The molecule has 0 saturated carbocycles. The van der Waals surface area contributed by atoms with Gasteiger partial charge in [0.15, 0.2) is 5.82 Å². The van der Waals surface area contributed by atoms with Gasteiger partial charge >= 0.3 is 0 Å². The van der Waals surface area contributed by atoms with Gasteiger partial charge in [0.05, 0.1) is 0 Å². The summed E-state index contributed by atoms with van der Waals surface area (Å²) < 4.78 is 10.7. The molecule has 0 fully saturated rings. The summed E-state index contributed by atoms with van der Waals surface area (Å²) in [5, 5.41) is 2.90. The molecule has 1 heterocycles. The Balaban J connectivity index is 0.00000272. The van der Waals surface area contributed by atoms with Crippen molar-refractivity contribution in [2.75, 3.05) is 20.1 Å². The summed E-state index contributed by atoms with van der Waals surface area (Å²) in [5.41, 5.74) is 4.77. The van der Waals surface area contributed by atoms with Crippen LogP contribution in [0.15, 0.2) is 54.6 Å². The Bertz CT molecular complexity index is 1170. The highest BCUT2D eigenvalue weighted by Gasteiger charge is 2.13. The molecule has 0 bridgehead atoms. The number of ether oxygens (including phenoxy) is 1. The Labute approximate surface area is 194 Å². The second kappa shape index (κ2) is 10.2. The summed E-state index contributed by atoms with van der Waals surface area (Å²) in [6, 6.07) is 18.9. The molecule has 31 heavy (non-hydrogen) atoms. The first-order valence-corrected chi connectivity index (χ1v) is 11.1. The summed E-state index contributed by atoms with van der Waals surface area (Å²) in [6.07, 6.45) is 1.04. The standard InChI is InChI=1S/C25H27N3OS.ClH/c1-5-28(4)14-13-20-15-18(3)23(16-17(20)2)29-25-26-24(27-30-25)22-12-8-10-19-9-6-7-11-21(19)22;/h6-12,15-16H,5,13-14H2,1-4H3;1H. The van der Waals surface area contributed by atoms with Gasteiger partial charge in [-0.15, -0.1) is 12.4 Å². The summed E-state index contributed by atoms with van der Waals surface area (Å²) in [6.45, 7) is 8.55. The summed E-state index contributed by atoms with van der Waals surface area (Å²) in [5.74, 6) is 1.56. The Hall–Kier alpha value is -2.47. The van der Waals surface area contributed by atoms with Gasteiger partial charge in [0.2, 0.25) is 0 Å². The molecule has 3 aromatic carbocycles. The average molecular weight is 454 g/mol. The van der Waals surface area contributed by atoms with Crippen LogP contribution in [0.5, 0.6) is 10.9 Å². The number of rotatable bonds is 7. The first-order valence-electron chi connectivity index (χ1n) is 10.3. The smallest absolute Gasteiger partial charge is 0.299 e. The molecule has 162 valence electrons. The van der Waals surface area contributed by atoms with Gasteiger partial charge < -0.3 is 9.64 Å². The molecule has 0 N–H and O–H groups in total. The minimum Gasteiger partial charge on any atom is -0.430 e. The molecule has 6 heteroatoms. The zero-order chi connectivity index (χ0) is 21.1. The Morgan fingerprint density at radius 2 is 1.77 bits per heavy atom. The highest BCUT2D eigenvalue weighted by molar-refractivity contribution is 7.07. The lowest BCUT2D eigenvalue weighted by atomic mass is 10.0. The van der Waals surface area contributed by atoms with Crippen LogP contribution in [-0.2, 0) is 6.42 Å². The highest BCUT2D eigenvalue weighted by atomic mass is 35.5. The van der Waals surface area contributed by atoms with E-state index in [-0.39, 0.29) is 12.4 Å². The van der Waals surface area contributed by atoms with E-state index in [1.165, 1.54) is 28.0 Å². The van der Waals surface area contributed by atoms with Crippen LogP contribution in [0.25, 0.3) is 22.2 Å². The van der Waals surface area contributed by atoms with Crippen molar-refractivity contribution < 1.29 is 4.74 Å². The molecular weight excluding hydrogens is 426 g/mol. The van der Waals surface area contributed by atoms with Gasteiger partial charge in [0.25, 0.3) is 5.19 Å². The number of halogens is 1. The third kappa shape index (κ3) is 5.24.